The largest absolute Gasteiger partial charge is 1.00 e. The molecule has 0 atom stereocenters. The minimum atomic E-state index is -3.12. The SMILES string of the molecule is OCl.[K+].[Li+].[O-]P([O-])O. The molecule has 0 amide bonds. The van der Waals surface area contributed by atoms with Crippen LogP contribution in [0.2, 0.25) is 0 Å². The first kappa shape index (κ1) is 22.4. The molecule has 0 aromatic heterocycles. The van der Waals surface area contributed by atoms with Crippen molar-refractivity contribution >= 4 is 20.5 Å². The zero-order valence-electron chi connectivity index (χ0n) is 4.54. The van der Waals surface area contributed by atoms with E-state index in [0.29, 0.717) is 0 Å². The molecule has 8 heteroatoms. The van der Waals surface area contributed by atoms with Crippen LogP contribution in [0.3, 0.4) is 0 Å². The third-order valence-electron chi connectivity index (χ3n) is 0. The quantitative estimate of drug-likeness (QED) is 0.285. The van der Waals surface area contributed by atoms with Gasteiger partial charge in [-0.1, -0.05) is 0 Å². The van der Waals surface area contributed by atoms with Crippen LogP contribution in [0.4, 0.5) is 0 Å². The van der Waals surface area contributed by atoms with Crippen LogP contribution in [-0.4, -0.2) is 9.55 Å². The zero-order chi connectivity index (χ0) is 5.58. The molecule has 0 unspecified atom stereocenters. The van der Waals surface area contributed by atoms with Gasteiger partial charge >= 0.3 is 70.2 Å². The molecular weight excluding hydrogens is 176 g/mol. The van der Waals surface area contributed by atoms with Crippen molar-refractivity contribution in [1.29, 1.82) is 0 Å². The summed E-state index contributed by atoms with van der Waals surface area (Å²) in [7, 11) is -3.12. The van der Waals surface area contributed by atoms with Crippen LogP contribution >= 0.6 is 20.5 Å². The van der Waals surface area contributed by atoms with E-state index in [1.807, 2.05) is 0 Å². The Morgan fingerprint density at radius 3 is 1.25 bits per heavy atom. The van der Waals surface area contributed by atoms with E-state index in [-0.39, 0.29) is 70.2 Å². The Morgan fingerprint density at radius 2 is 1.25 bits per heavy atom. The fourth-order valence-electron chi connectivity index (χ4n) is 0. The normalized spacial score (nSPS) is 5.25. The van der Waals surface area contributed by atoms with Crippen molar-refractivity contribution in [3.8, 4) is 0 Å². The first-order valence-corrected chi connectivity index (χ1v) is 2.20. The molecule has 2 N–H and O–H groups in total. The number of halogens is 1. The van der Waals surface area contributed by atoms with Crippen LogP contribution in [0.25, 0.3) is 0 Å². The van der Waals surface area contributed by atoms with E-state index in [4.69, 9.17) is 19.3 Å². The first-order chi connectivity index (χ1) is 2.73. The van der Waals surface area contributed by atoms with Crippen LogP contribution in [-0.2, 0) is 0 Å². The monoisotopic (exact) mass is 178 g/mol. The Balaban J connectivity index is -0.0000000183. The summed E-state index contributed by atoms with van der Waals surface area (Å²) in [6.07, 6.45) is 0. The van der Waals surface area contributed by atoms with Gasteiger partial charge in [0.25, 0.3) is 0 Å². The second-order valence-electron chi connectivity index (χ2n) is 0.238. The summed E-state index contributed by atoms with van der Waals surface area (Å²) in [5.74, 6) is 0. The molecule has 4 nitrogen and oxygen atoms in total. The third kappa shape index (κ3) is 68.4. The van der Waals surface area contributed by atoms with Crippen molar-refractivity contribution in [3.63, 3.8) is 0 Å². The maximum absolute atomic E-state index is 8.59. The number of hydrogen-bond acceptors (Lipinski definition) is 4. The average molecular weight is 178 g/mol. The molecule has 0 aliphatic rings. The maximum atomic E-state index is 8.59. The summed E-state index contributed by atoms with van der Waals surface area (Å²) in [5.41, 5.74) is 0. The fourth-order valence-corrected chi connectivity index (χ4v) is 0. The smallest absolute Gasteiger partial charge is 0.820 e. The second-order valence-corrected chi connectivity index (χ2v) is 0.714. The zero-order valence-corrected chi connectivity index (χ0v) is 9.31. The molecular formula is H2ClKLiO4P. The van der Waals surface area contributed by atoms with Crippen LogP contribution in [0.15, 0.2) is 0 Å². The molecule has 40 valence electrons. The molecule has 8 heavy (non-hydrogen) atoms. The van der Waals surface area contributed by atoms with Gasteiger partial charge in [-0.3, -0.25) is 4.66 Å². The van der Waals surface area contributed by atoms with Crippen molar-refractivity contribution in [2.24, 2.45) is 0 Å². The van der Waals surface area contributed by atoms with Crippen LogP contribution in [0.5, 0.6) is 0 Å². The standard InChI is InChI=1S/ClHO.K.Li.HO3P/c1-2;;;1-4(2)3/h2H;;;1H/q;2*+1;-2. The molecule has 0 saturated heterocycles. The van der Waals surface area contributed by atoms with E-state index < -0.39 is 8.60 Å². The molecule has 0 rings (SSSR count). The van der Waals surface area contributed by atoms with E-state index in [1.165, 1.54) is 0 Å². The Morgan fingerprint density at radius 1 is 1.25 bits per heavy atom. The van der Waals surface area contributed by atoms with E-state index in [2.05, 4.69) is 11.9 Å². The Kier molecular flexibility index (Phi) is 63.3. The van der Waals surface area contributed by atoms with Crippen molar-refractivity contribution in [1.82, 2.24) is 0 Å². The predicted molar refractivity (Wildman–Crippen MR) is 17.2 cm³/mol. The molecule has 0 aromatic rings. The number of hydrogen-bond donors (Lipinski definition) is 2. The molecule has 0 aromatic carbocycles. The molecule has 0 spiro atoms. The fraction of sp³-hybridized carbons (Fsp3) is 0. The van der Waals surface area contributed by atoms with Gasteiger partial charge in [-0.15, -0.1) is 0 Å². The van der Waals surface area contributed by atoms with Crippen LogP contribution < -0.4 is 80.0 Å². The van der Waals surface area contributed by atoms with Crippen LogP contribution in [0, 0.1) is 0 Å². The summed E-state index contributed by atoms with van der Waals surface area (Å²) in [4.78, 5) is 24.2. The van der Waals surface area contributed by atoms with E-state index >= 15 is 0 Å². The van der Waals surface area contributed by atoms with Gasteiger partial charge in [-0.25, -0.2) is 0 Å². The molecule has 0 aliphatic heterocycles. The predicted octanol–water partition coefficient (Wildman–Crippen LogP) is -7.93. The summed E-state index contributed by atoms with van der Waals surface area (Å²) >= 11 is 3.64. The van der Waals surface area contributed by atoms with Gasteiger partial charge in [0.05, 0.1) is 11.9 Å². The number of rotatable bonds is 0. The summed E-state index contributed by atoms with van der Waals surface area (Å²) in [5, 5.41) is 0. The van der Waals surface area contributed by atoms with Gasteiger partial charge in [-0.2, -0.15) is 8.60 Å². The topological polar surface area (TPSA) is 86.6 Å². The molecule has 0 bridgehead atoms. The Labute approximate surface area is 108 Å². The van der Waals surface area contributed by atoms with Gasteiger partial charge in [0.2, 0.25) is 0 Å². The van der Waals surface area contributed by atoms with Gasteiger partial charge in [0, 0.05) is 0 Å². The second kappa shape index (κ2) is 22.6. The Hall–Kier alpha value is 2.79. The molecule has 0 fully saturated rings. The molecule has 0 radical (unpaired) electrons. The summed E-state index contributed by atoms with van der Waals surface area (Å²) < 4.78 is 6.47. The van der Waals surface area contributed by atoms with Gasteiger partial charge in [0.1, 0.15) is 0 Å². The summed E-state index contributed by atoms with van der Waals surface area (Å²) in [6, 6.07) is 0. The van der Waals surface area contributed by atoms with E-state index in [0.717, 1.165) is 0 Å². The first-order valence-electron chi connectivity index (χ1n) is 0.734. The Bertz CT molecular complexity index is 20.8. The maximum Gasteiger partial charge on any atom is 1.00 e. The van der Waals surface area contributed by atoms with Crippen molar-refractivity contribution in [2.75, 3.05) is 0 Å². The van der Waals surface area contributed by atoms with Crippen molar-refractivity contribution < 1.29 is 89.6 Å². The van der Waals surface area contributed by atoms with Gasteiger partial charge in [-0.05, 0) is 0 Å². The minimum Gasteiger partial charge on any atom is -0.820 e. The summed E-state index contributed by atoms with van der Waals surface area (Å²) in [6.45, 7) is 0. The van der Waals surface area contributed by atoms with Crippen molar-refractivity contribution in [2.45, 2.75) is 0 Å². The van der Waals surface area contributed by atoms with E-state index in [9.17, 15) is 0 Å². The average Bonchev–Trinajstić information content (AvgIpc) is 1.41. The van der Waals surface area contributed by atoms with Crippen LogP contribution in [0.1, 0.15) is 0 Å². The van der Waals surface area contributed by atoms with Gasteiger partial charge < -0.3 is 14.7 Å². The van der Waals surface area contributed by atoms with Gasteiger partial charge in [0.15, 0.2) is 0 Å². The minimum absolute atomic E-state index is 0. The van der Waals surface area contributed by atoms with E-state index in [1.54, 1.807) is 0 Å². The molecule has 0 heterocycles. The van der Waals surface area contributed by atoms with Crippen molar-refractivity contribution in [3.05, 3.63) is 0 Å². The molecule has 0 saturated carbocycles. The molecule has 0 aliphatic carbocycles. The third-order valence-corrected chi connectivity index (χ3v) is 0.